The van der Waals surface area contributed by atoms with E-state index in [-0.39, 0.29) is 24.4 Å². The van der Waals surface area contributed by atoms with Gasteiger partial charge in [-0.2, -0.15) is 5.10 Å². The number of carbonyl (C=O) groups excluding carboxylic acids is 2. The number of hydrogen-bond acceptors (Lipinski definition) is 5. The molecule has 0 bridgehead atoms. The molecule has 31 heavy (non-hydrogen) atoms. The summed E-state index contributed by atoms with van der Waals surface area (Å²) >= 11 is 0. The summed E-state index contributed by atoms with van der Waals surface area (Å²) in [6.45, 7) is 3.41. The van der Waals surface area contributed by atoms with Gasteiger partial charge in [-0.3, -0.25) is 9.59 Å². The van der Waals surface area contributed by atoms with Crippen molar-refractivity contribution in [2.45, 2.75) is 39.2 Å². The Morgan fingerprint density at radius 3 is 2.71 bits per heavy atom. The lowest BCUT2D eigenvalue weighted by Crippen LogP contribution is -2.39. The highest BCUT2D eigenvalue weighted by molar-refractivity contribution is 5.97. The highest BCUT2D eigenvalue weighted by Gasteiger charge is 2.26. The van der Waals surface area contributed by atoms with Crippen LogP contribution in [0.25, 0.3) is 5.69 Å². The number of aryl methyl sites for hydroxylation is 2. The molecule has 0 aliphatic heterocycles. The number of amides is 2. The Morgan fingerprint density at radius 2 is 2.03 bits per heavy atom. The van der Waals surface area contributed by atoms with E-state index in [2.05, 4.69) is 15.7 Å². The van der Waals surface area contributed by atoms with Crippen LogP contribution >= 0.6 is 0 Å². The second-order valence-corrected chi connectivity index (χ2v) is 7.68. The summed E-state index contributed by atoms with van der Waals surface area (Å²) in [5.74, 6) is 1.44. The second kappa shape index (κ2) is 8.67. The molecule has 2 amide bonds. The van der Waals surface area contributed by atoms with Gasteiger partial charge < -0.3 is 19.8 Å². The molecular weight excluding hydrogens is 396 g/mol. The number of ether oxygens (including phenoxy) is 1. The number of benzene rings is 1. The molecule has 1 aliphatic carbocycles. The molecule has 0 fully saturated rings. The van der Waals surface area contributed by atoms with Crippen LogP contribution < -0.4 is 15.4 Å². The lowest BCUT2D eigenvalue weighted by atomic mass is 9.93. The quantitative estimate of drug-likeness (QED) is 0.636. The van der Waals surface area contributed by atoms with Crippen molar-refractivity contribution in [3.05, 3.63) is 64.9 Å². The van der Waals surface area contributed by atoms with Crippen LogP contribution in [0.5, 0.6) is 5.75 Å². The molecular formula is C23H26N4O4. The fraction of sp³-hybridized carbons (Fsp3) is 0.348. The summed E-state index contributed by atoms with van der Waals surface area (Å²) in [7, 11) is 1.64. The zero-order valence-electron chi connectivity index (χ0n) is 17.9. The Labute approximate surface area is 180 Å². The maximum absolute atomic E-state index is 12.5. The van der Waals surface area contributed by atoms with Crippen molar-refractivity contribution in [2.24, 2.45) is 0 Å². The number of carbonyl (C=O) groups is 2. The predicted molar refractivity (Wildman–Crippen MR) is 114 cm³/mol. The Bertz CT molecular complexity index is 1100. The molecule has 162 valence electrons. The van der Waals surface area contributed by atoms with Crippen LogP contribution in [0.3, 0.4) is 0 Å². The van der Waals surface area contributed by atoms with Crippen LogP contribution in [0.2, 0.25) is 0 Å². The zero-order chi connectivity index (χ0) is 22.0. The minimum absolute atomic E-state index is 0.0963. The number of methoxy groups -OCH3 is 1. The summed E-state index contributed by atoms with van der Waals surface area (Å²) in [5.41, 5.74) is 3.51. The number of nitrogens with zero attached hydrogens (tertiary/aromatic N) is 2. The van der Waals surface area contributed by atoms with Gasteiger partial charge >= 0.3 is 0 Å². The zero-order valence-corrected chi connectivity index (χ0v) is 17.9. The SMILES string of the molecule is COc1ccc(-n2ncc3c2CCC[C@H]3NC(=O)CNC(=O)c2cc(C)oc2C)cc1. The van der Waals surface area contributed by atoms with E-state index in [4.69, 9.17) is 9.15 Å². The highest BCUT2D eigenvalue weighted by atomic mass is 16.5. The van der Waals surface area contributed by atoms with Crippen molar-refractivity contribution < 1.29 is 18.7 Å². The van der Waals surface area contributed by atoms with Gasteiger partial charge in [0.1, 0.15) is 17.3 Å². The second-order valence-electron chi connectivity index (χ2n) is 7.68. The number of furan rings is 1. The molecule has 1 aliphatic rings. The first-order chi connectivity index (χ1) is 15.0. The average molecular weight is 422 g/mol. The fourth-order valence-electron chi connectivity index (χ4n) is 4.01. The van der Waals surface area contributed by atoms with E-state index >= 15 is 0 Å². The van der Waals surface area contributed by atoms with Crippen LogP contribution in [0.1, 0.15) is 52.0 Å². The molecule has 0 unspecified atom stereocenters. The van der Waals surface area contributed by atoms with E-state index in [1.54, 1.807) is 27.0 Å². The normalized spacial score (nSPS) is 15.3. The molecule has 2 heterocycles. The summed E-state index contributed by atoms with van der Waals surface area (Å²) in [6.07, 6.45) is 4.49. The monoisotopic (exact) mass is 422 g/mol. The topological polar surface area (TPSA) is 98.4 Å². The lowest BCUT2D eigenvalue weighted by Gasteiger charge is -2.24. The van der Waals surface area contributed by atoms with E-state index in [0.29, 0.717) is 17.1 Å². The Morgan fingerprint density at radius 1 is 1.26 bits per heavy atom. The number of fused-ring (bicyclic) bond motifs is 1. The number of hydrogen-bond donors (Lipinski definition) is 2. The Kier molecular flexibility index (Phi) is 5.79. The van der Waals surface area contributed by atoms with Gasteiger partial charge in [0.25, 0.3) is 5.91 Å². The first-order valence-corrected chi connectivity index (χ1v) is 10.3. The van der Waals surface area contributed by atoms with Gasteiger partial charge in [-0.25, -0.2) is 4.68 Å². The summed E-state index contributed by atoms with van der Waals surface area (Å²) in [4.78, 5) is 24.8. The maximum Gasteiger partial charge on any atom is 0.255 e. The van der Waals surface area contributed by atoms with Gasteiger partial charge in [0.2, 0.25) is 5.91 Å². The van der Waals surface area contributed by atoms with Gasteiger partial charge in [-0.15, -0.1) is 0 Å². The van der Waals surface area contributed by atoms with Gasteiger partial charge in [0.15, 0.2) is 0 Å². The predicted octanol–water partition coefficient (Wildman–Crippen LogP) is 3.01. The highest BCUT2D eigenvalue weighted by Crippen LogP contribution is 2.31. The standard InChI is InChI=1S/C23H26N4O4/c1-14-11-18(15(2)31-14)23(29)24-13-22(28)26-20-5-4-6-21-19(20)12-25-27(21)16-7-9-17(30-3)10-8-16/h7-12,20H,4-6,13H2,1-3H3,(H,24,29)(H,26,28)/t20-/m1/s1. The van der Waals surface area contributed by atoms with Crippen LogP contribution in [-0.2, 0) is 11.2 Å². The molecule has 0 spiro atoms. The third-order valence-electron chi connectivity index (χ3n) is 5.53. The van der Waals surface area contributed by atoms with Gasteiger partial charge in [-0.1, -0.05) is 0 Å². The summed E-state index contributed by atoms with van der Waals surface area (Å²) in [5, 5.41) is 10.3. The number of rotatable bonds is 6. The van der Waals surface area contributed by atoms with Crippen molar-refractivity contribution in [1.82, 2.24) is 20.4 Å². The van der Waals surface area contributed by atoms with Crippen LogP contribution in [-0.4, -0.2) is 35.2 Å². The van der Waals surface area contributed by atoms with E-state index < -0.39 is 0 Å². The van der Waals surface area contributed by atoms with Crippen molar-refractivity contribution >= 4 is 11.8 Å². The van der Waals surface area contributed by atoms with E-state index in [1.165, 1.54) is 0 Å². The first-order valence-electron chi connectivity index (χ1n) is 10.3. The molecule has 4 rings (SSSR count). The first kappa shape index (κ1) is 20.7. The van der Waals surface area contributed by atoms with Gasteiger partial charge in [-0.05, 0) is 63.4 Å². The molecule has 8 heteroatoms. The van der Waals surface area contributed by atoms with Gasteiger partial charge in [0.05, 0.1) is 37.1 Å². The van der Waals surface area contributed by atoms with Crippen molar-refractivity contribution in [3.63, 3.8) is 0 Å². The Balaban J connectivity index is 1.41. The molecule has 3 aromatic rings. The summed E-state index contributed by atoms with van der Waals surface area (Å²) in [6, 6.07) is 9.27. The molecule has 2 aromatic heterocycles. The molecule has 0 radical (unpaired) electrons. The van der Waals surface area contributed by atoms with Crippen LogP contribution in [0.4, 0.5) is 0 Å². The molecule has 0 saturated carbocycles. The van der Waals surface area contributed by atoms with Crippen LogP contribution in [0.15, 0.2) is 40.9 Å². The molecule has 2 N–H and O–H groups in total. The molecule has 1 aromatic carbocycles. The van der Waals surface area contributed by atoms with E-state index in [9.17, 15) is 9.59 Å². The Hall–Kier alpha value is -3.55. The van der Waals surface area contributed by atoms with Gasteiger partial charge in [0, 0.05) is 11.3 Å². The summed E-state index contributed by atoms with van der Waals surface area (Å²) < 4.78 is 12.5. The minimum Gasteiger partial charge on any atom is -0.497 e. The lowest BCUT2D eigenvalue weighted by molar-refractivity contribution is -0.121. The largest absolute Gasteiger partial charge is 0.497 e. The smallest absolute Gasteiger partial charge is 0.255 e. The van der Waals surface area contributed by atoms with E-state index in [0.717, 1.165) is 42.0 Å². The van der Waals surface area contributed by atoms with E-state index in [1.807, 2.05) is 35.1 Å². The average Bonchev–Trinajstić information content (AvgIpc) is 3.35. The third-order valence-corrected chi connectivity index (χ3v) is 5.53. The third kappa shape index (κ3) is 4.33. The fourth-order valence-corrected chi connectivity index (χ4v) is 4.01. The molecule has 1 atom stereocenters. The van der Waals surface area contributed by atoms with Crippen molar-refractivity contribution in [3.8, 4) is 11.4 Å². The van der Waals surface area contributed by atoms with Crippen molar-refractivity contribution in [1.29, 1.82) is 0 Å². The maximum atomic E-state index is 12.5. The van der Waals surface area contributed by atoms with Crippen molar-refractivity contribution in [2.75, 3.05) is 13.7 Å². The minimum atomic E-state index is -0.318. The molecule has 8 nitrogen and oxygen atoms in total. The molecule has 0 saturated heterocycles. The number of nitrogens with one attached hydrogen (secondary N) is 2. The number of aromatic nitrogens is 2. The van der Waals surface area contributed by atoms with Crippen LogP contribution in [0, 0.1) is 13.8 Å².